The number of hydrogen-bond donors (Lipinski definition) is 2. The molecule has 0 spiro atoms. The van der Waals surface area contributed by atoms with Crippen LogP contribution in [0.3, 0.4) is 0 Å². The van der Waals surface area contributed by atoms with Gasteiger partial charge in [-0.15, -0.1) is 0 Å². The fraction of sp³-hybridized carbons (Fsp3) is 0.647. The molecule has 3 rings (SSSR count). The molecule has 1 aliphatic rings. The first-order valence-corrected chi connectivity index (χ1v) is 8.39. The molecule has 2 aromatic heterocycles. The molecule has 0 saturated heterocycles. The number of rotatable bonds is 4. The van der Waals surface area contributed by atoms with Crippen LogP contribution in [-0.2, 0) is 18.6 Å². The van der Waals surface area contributed by atoms with E-state index in [9.17, 15) is 23.4 Å². The maximum Gasteiger partial charge on any atom is 0.422 e. The van der Waals surface area contributed by atoms with Gasteiger partial charge in [0, 0.05) is 18.3 Å². The van der Waals surface area contributed by atoms with Crippen LogP contribution in [0.15, 0.2) is 10.7 Å². The largest absolute Gasteiger partial charge is 0.422 e. The fourth-order valence-corrected chi connectivity index (χ4v) is 3.13. The van der Waals surface area contributed by atoms with Gasteiger partial charge < -0.3 is 14.7 Å². The van der Waals surface area contributed by atoms with Gasteiger partial charge in [-0.2, -0.15) is 18.3 Å². The van der Waals surface area contributed by atoms with Crippen LogP contribution in [0.2, 0.25) is 0 Å². The van der Waals surface area contributed by atoms with Gasteiger partial charge in [0.05, 0.1) is 16.9 Å². The lowest BCUT2D eigenvalue weighted by molar-refractivity contribution is -0.261. The first kappa shape index (κ1) is 18.9. The second-order valence-corrected chi connectivity index (χ2v) is 7.76. The van der Waals surface area contributed by atoms with Gasteiger partial charge in [0.2, 0.25) is 5.60 Å². The minimum absolute atomic E-state index is 0.216. The zero-order valence-electron chi connectivity index (χ0n) is 15.1. The Morgan fingerprint density at radius 3 is 2.50 bits per heavy atom. The third kappa shape index (κ3) is 3.14. The van der Waals surface area contributed by atoms with E-state index in [0.29, 0.717) is 37.6 Å². The lowest BCUT2D eigenvalue weighted by Crippen LogP contribution is -2.40. The Balaban J connectivity index is 2.01. The van der Waals surface area contributed by atoms with Crippen molar-refractivity contribution in [3.05, 3.63) is 23.1 Å². The van der Waals surface area contributed by atoms with Gasteiger partial charge in [0.15, 0.2) is 5.76 Å². The second-order valence-electron chi connectivity index (χ2n) is 7.76. The molecule has 26 heavy (non-hydrogen) atoms. The van der Waals surface area contributed by atoms with Gasteiger partial charge >= 0.3 is 6.18 Å². The summed E-state index contributed by atoms with van der Waals surface area (Å²) in [6.45, 7) is 6.28. The highest BCUT2D eigenvalue weighted by Crippen LogP contribution is 2.47. The van der Waals surface area contributed by atoms with E-state index in [1.165, 1.54) is 0 Å². The van der Waals surface area contributed by atoms with Gasteiger partial charge in [0.25, 0.3) is 0 Å². The van der Waals surface area contributed by atoms with E-state index < -0.39 is 23.1 Å². The Morgan fingerprint density at radius 1 is 1.27 bits per heavy atom. The van der Waals surface area contributed by atoms with E-state index in [0.717, 1.165) is 0 Å². The smallest absolute Gasteiger partial charge is 0.390 e. The molecule has 0 aliphatic heterocycles. The van der Waals surface area contributed by atoms with Crippen molar-refractivity contribution in [3.63, 3.8) is 0 Å². The molecule has 9 heteroatoms. The predicted octanol–water partition coefficient (Wildman–Crippen LogP) is 3.13. The molecule has 1 aliphatic carbocycles. The number of nitrogens with zero attached hydrogens (tertiary/aromatic N) is 3. The molecule has 2 heterocycles. The summed E-state index contributed by atoms with van der Waals surface area (Å²) in [6, 6.07) is 0. The number of hydrogen-bond acceptors (Lipinski definition) is 5. The number of aliphatic hydroxyl groups is 2. The highest BCUT2D eigenvalue weighted by atomic mass is 19.4. The molecule has 0 amide bonds. The normalized spacial score (nSPS) is 19.8. The van der Waals surface area contributed by atoms with Crippen molar-refractivity contribution in [1.29, 1.82) is 0 Å². The van der Waals surface area contributed by atoms with Crippen LogP contribution >= 0.6 is 0 Å². The Labute approximate surface area is 148 Å². The number of halogens is 3. The van der Waals surface area contributed by atoms with E-state index in [-0.39, 0.29) is 17.2 Å². The third-order valence-electron chi connectivity index (χ3n) is 4.77. The van der Waals surface area contributed by atoms with Crippen molar-refractivity contribution < 1.29 is 27.9 Å². The fourth-order valence-electron chi connectivity index (χ4n) is 3.13. The monoisotopic (exact) mass is 373 g/mol. The van der Waals surface area contributed by atoms with Crippen molar-refractivity contribution in [2.75, 3.05) is 0 Å². The molecule has 6 nitrogen and oxygen atoms in total. The average molecular weight is 373 g/mol. The summed E-state index contributed by atoms with van der Waals surface area (Å²) in [4.78, 5) is 0. The molecule has 0 fully saturated rings. The summed E-state index contributed by atoms with van der Waals surface area (Å²) in [5.41, 5.74) is -2.90. The SMILES string of the molecule is C[C@H]1Cc2nn(CCC(C)(C)O)cc2-c2onc([C@@](C)(O)C(F)(F)F)c21. The molecule has 2 N–H and O–H groups in total. The molecular weight excluding hydrogens is 351 g/mol. The average Bonchev–Trinajstić information content (AvgIpc) is 3.06. The van der Waals surface area contributed by atoms with E-state index >= 15 is 0 Å². The van der Waals surface area contributed by atoms with Crippen LogP contribution in [0.5, 0.6) is 0 Å². The zero-order valence-corrected chi connectivity index (χ0v) is 15.1. The van der Waals surface area contributed by atoms with E-state index in [1.807, 2.05) is 0 Å². The van der Waals surface area contributed by atoms with E-state index in [4.69, 9.17) is 4.52 Å². The van der Waals surface area contributed by atoms with Gasteiger partial charge in [-0.1, -0.05) is 12.1 Å². The van der Waals surface area contributed by atoms with Crippen molar-refractivity contribution in [1.82, 2.24) is 14.9 Å². The summed E-state index contributed by atoms with van der Waals surface area (Å²) in [5, 5.41) is 27.9. The number of fused-ring (bicyclic) bond motifs is 3. The topological polar surface area (TPSA) is 84.3 Å². The second kappa shape index (κ2) is 5.82. The summed E-state index contributed by atoms with van der Waals surface area (Å²) < 4.78 is 46.6. The highest BCUT2D eigenvalue weighted by molar-refractivity contribution is 5.68. The van der Waals surface area contributed by atoms with Crippen molar-refractivity contribution >= 4 is 0 Å². The molecule has 0 aromatic carbocycles. The Morgan fingerprint density at radius 2 is 1.92 bits per heavy atom. The third-order valence-corrected chi connectivity index (χ3v) is 4.77. The van der Waals surface area contributed by atoms with Gasteiger partial charge in [-0.05, 0) is 39.5 Å². The lowest BCUT2D eigenvalue weighted by Gasteiger charge is -2.27. The van der Waals surface area contributed by atoms with Crippen molar-refractivity contribution in [3.8, 4) is 11.3 Å². The van der Waals surface area contributed by atoms with Crippen LogP contribution in [0.1, 0.15) is 57.0 Å². The summed E-state index contributed by atoms with van der Waals surface area (Å²) in [6.07, 6.45) is -2.29. The maximum absolute atomic E-state index is 13.2. The Hall–Kier alpha value is -1.87. The predicted molar refractivity (Wildman–Crippen MR) is 86.4 cm³/mol. The van der Waals surface area contributed by atoms with Gasteiger partial charge in [-0.25, -0.2) is 0 Å². The summed E-state index contributed by atoms with van der Waals surface area (Å²) in [7, 11) is 0. The number of alkyl halides is 3. The van der Waals surface area contributed by atoms with E-state index in [1.54, 1.807) is 31.6 Å². The van der Waals surface area contributed by atoms with Gasteiger partial charge in [0.1, 0.15) is 5.69 Å². The maximum atomic E-state index is 13.2. The van der Waals surface area contributed by atoms with Crippen molar-refractivity contribution in [2.45, 2.75) is 70.4 Å². The molecule has 0 unspecified atom stereocenters. The first-order valence-electron chi connectivity index (χ1n) is 8.39. The van der Waals surface area contributed by atoms with Crippen LogP contribution in [0.25, 0.3) is 11.3 Å². The van der Waals surface area contributed by atoms with Gasteiger partial charge in [-0.3, -0.25) is 4.68 Å². The lowest BCUT2D eigenvalue weighted by atomic mass is 9.82. The molecule has 2 aromatic rings. The number of aromatic nitrogens is 3. The minimum atomic E-state index is -4.87. The number of aryl methyl sites for hydroxylation is 1. The molecule has 144 valence electrons. The Kier molecular flexibility index (Phi) is 4.23. The highest BCUT2D eigenvalue weighted by Gasteiger charge is 2.55. The minimum Gasteiger partial charge on any atom is -0.390 e. The van der Waals surface area contributed by atoms with Crippen LogP contribution in [-0.4, -0.2) is 36.9 Å². The molecule has 2 atom stereocenters. The zero-order chi connectivity index (χ0) is 19.5. The first-order chi connectivity index (χ1) is 11.8. The molecular formula is C17H22F3N3O3. The standard InChI is InChI=1S/C17H22F3N3O3/c1-9-7-11-10(8-23(21-11)6-5-15(2,3)24)13-12(9)14(22-26-13)16(4,25)17(18,19)20/h8-9,24-25H,5-7H2,1-4H3/t9-,16+/m0/s1. The van der Waals surface area contributed by atoms with Crippen LogP contribution < -0.4 is 0 Å². The molecule has 0 saturated carbocycles. The van der Waals surface area contributed by atoms with Crippen molar-refractivity contribution in [2.24, 2.45) is 0 Å². The summed E-state index contributed by atoms with van der Waals surface area (Å²) in [5.74, 6) is -0.113. The van der Waals surface area contributed by atoms with E-state index in [2.05, 4.69) is 10.3 Å². The van der Waals surface area contributed by atoms with Crippen LogP contribution in [0, 0.1) is 0 Å². The quantitative estimate of drug-likeness (QED) is 0.860. The summed E-state index contributed by atoms with van der Waals surface area (Å²) >= 11 is 0. The Bertz CT molecular complexity index is 816. The molecule has 0 radical (unpaired) electrons. The van der Waals surface area contributed by atoms with Crippen LogP contribution in [0.4, 0.5) is 13.2 Å². The molecule has 0 bridgehead atoms.